The fourth-order valence-corrected chi connectivity index (χ4v) is 5.08. The molecular weight excluding hydrogens is 326 g/mol. The van der Waals surface area contributed by atoms with E-state index in [4.69, 9.17) is 5.73 Å². The van der Waals surface area contributed by atoms with E-state index >= 15 is 0 Å². The molecule has 3 rings (SSSR count). The van der Waals surface area contributed by atoms with Crippen LogP contribution in [0.1, 0.15) is 24.8 Å². The Morgan fingerprint density at radius 2 is 1.75 bits per heavy atom. The Morgan fingerprint density at radius 1 is 1.08 bits per heavy atom. The van der Waals surface area contributed by atoms with E-state index in [1.165, 1.54) is 4.31 Å². The molecule has 0 radical (unpaired) electrons. The minimum Gasteiger partial charge on any atom is -0.340 e. The van der Waals surface area contributed by atoms with Crippen LogP contribution >= 0.6 is 0 Å². The Kier molecular flexibility index (Phi) is 5.22. The normalized spacial score (nSPS) is 25.8. The number of sulfonamides is 1. The average molecular weight is 351 g/mol. The smallest absolute Gasteiger partial charge is 0.225 e. The summed E-state index contributed by atoms with van der Waals surface area (Å²) >= 11 is 0. The molecule has 1 aromatic carbocycles. The molecule has 1 saturated heterocycles. The number of amides is 1. The molecule has 1 amide bonds. The molecule has 0 aromatic heterocycles. The Bertz CT molecular complexity index is 670. The van der Waals surface area contributed by atoms with Crippen molar-refractivity contribution in [3.05, 3.63) is 35.9 Å². The van der Waals surface area contributed by atoms with Crippen molar-refractivity contribution >= 4 is 15.9 Å². The number of benzene rings is 1. The molecular formula is C17H25N3O3S. The van der Waals surface area contributed by atoms with E-state index in [0.717, 1.165) is 24.8 Å². The highest BCUT2D eigenvalue weighted by Crippen LogP contribution is 2.26. The fraction of sp³-hybridized carbons (Fsp3) is 0.588. The van der Waals surface area contributed by atoms with Crippen molar-refractivity contribution in [2.75, 3.05) is 26.2 Å². The van der Waals surface area contributed by atoms with Crippen LogP contribution in [0.2, 0.25) is 0 Å². The lowest BCUT2D eigenvalue weighted by Crippen LogP contribution is -2.52. The Labute approximate surface area is 143 Å². The summed E-state index contributed by atoms with van der Waals surface area (Å²) in [5.74, 6) is 0.176. The number of piperazine rings is 1. The van der Waals surface area contributed by atoms with Gasteiger partial charge in [-0.1, -0.05) is 30.3 Å². The van der Waals surface area contributed by atoms with Crippen LogP contribution in [0.25, 0.3) is 0 Å². The molecule has 1 aliphatic carbocycles. The van der Waals surface area contributed by atoms with Gasteiger partial charge in [0.2, 0.25) is 15.9 Å². The highest BCUT2D eigenvalue weighted by atomic mass is 32.2. The van der Waals surface area contributed by atoms with Gasteiger partial charge >= 0.3 is 0 Å². The van der Waals surface area contributed by atoms with Gasteiger partial charge in [-0.3, -0.25) is 4.79 Å². The van der Waals surface area contributed by atoms with Gasteiger partial charge in [0.05, 0.1) is 5.75 Å². The SMILES string of the molecule is NC1CCC(C(=O)N2CCN(S(=O)(=O)Cc3ccccc3)CC2)C1. The standard InChI is InChI=1S/C17H25N3O3S/c18-16-7-6-15(12-16)17(21)19-8-10-20(11-9-19)24(22,23)13-14-4-2-1-3-5-14/h1-5,15-16H,6-13,18H2. The first-order valence-corrected chi connectivity index (χ1v) is 10.1. The molecule has 6 nitrogen and oxygen atoms in total. The van der Waals surface area contributed by atoms with Crippen LogP contribution in [-0.2, 0) is 20.6 Å². The summed E-state index contributed by atoms with van der Waals surface area (Å²) in [6.45, 7) is 1.69. The molecule has 2 atom stereocenters. The van der Waals surface area contributed by atoms with E-state index < -0.39 is 10.0 Å². The first-order valence-electron chi connectivity index (χ1n) is 8.52. The van der Waals surface area contributed by atoms with E-state index in [1.807, 2.05) is 30.3 Å². The van der Waals surface area contributed by atoms with Crippen LogP contribution in [0.5, 0.6) is 0 Å². The summed E-state index contributed by atoms with van der Waals surface area (Å²) in [4.78, 5) is 14.3. The third-order valence-electron chi connectivity index (χ3n) is 4.96. The lowest BCUT2D eigenvalue weighted by molar-refractivity contribution is -0.136. The third-order valence-corrected chi connectivity index (χ3v) is 6.81. The topological polar surface area (TPSA) is 83.7 Å². The summed E-state index contributed by atoms with van der Waals surface area (Å²) in [6.07, 6.45) is 2.51. The Balaban J connectivity index is 1.55. The first kappa shape index (κ1) is 17.4. The van der Waals surface area contributed by atoms with Crippen LogP contribution in [0.15, 0.2) is 30.3 Å². The summed E-state index contributed by atoms with van der Waals surface area (Å²) in [5, 5.41) is 0. The molecule has 2 N–H and O–H groups in total. The monoisotopic (exact) mass is 351 g/mol. The van der Waals surface area contributed by atoms with Gasteiger partial charge in [-0.05, 0) is 24.8 Å². The van der Waals surface area contributed by atoms with Crippen molar-refractivity contribution in [2.45, 2.75) is 31.1 Å². The second-order valence-corrected chi connectivity index (χ2v) is 8.71. The average Bonchev–Trinajstić information content (AvgIpc) is 3.01. The van der Waals surface area contributed by atoms with E-state index in [0.29, 0.717) is 26.2 Å². The second-order valence-electron chi connectivity index (χ2n) is 6.74. The zero-order chi connectivity index (χ0) is 17.2. The number of nitrogens with two attached hydrogens (primary N) is 1. The molecule has 2 fully saturated rings. The van der Waals surface area contributed by atoms with E-state index in [-0.39, 0.29) is 23.6 Å². The molecule has 2 aliphatic rings. The quantitative estimate of drug-likeness (QED) is 0.869. The summed E-state index contributed by atoms with van der Waals surface area (Å²) in [5.41, 5.74) is 6.67. The highest BCUT2D eigenvalue weighted by Gasteiger charge is 2.34. The number of rotatable bonds is 4. The van der Waals surface area contributed by atoms with E-state index in [1.54, 1.807) is 4.90 Å². The minimum atomic E-state index is -3.34. The zero-order valence-corrected chi connectivity index (χ0v) is 14.6. The molecule has 24 heavy (non-hydrogen) atoms. The van der Waals surface area contributed by atoms with E-state index in [9.17, 15) is 13.2 Å². The van der Waals surface area contributed by atoms with Gasteiger partial charge in [-0.2, -0.15) is 4.31 Å². The van der Waals surface area contributed by atoms with Gasteiger partial charge in [0.15, 0.2) is 0 Å². The lowest BCUT2D eigenvalue weighted by Gasteiger charge is -2.35. The van der Waals surface area contributed by atoms with Crippen molar-refractivity contribution in [3.63, 3.8) is 0 Å². The first-order chi connectivity index (χ1) is 11.5. The largest absolute Gasteiger partial charge is 0.340 e. The second kappa shape index (κ2) is 7.21. The minimum absolute atomic E-state index is 0.0132. The number of hydrogen-bond donors (Lipinski definition) is 1. The van der Waals surface area contributed by atoms with Gasteiger partial charge in [-0.25, -0.2) is 8.42 Å². The molecule has 0 spiro atoms. The van der Waals surface area contributed by atoms with Crippen LogP contribution in [0, 0.1) is 5.92 Å². The summed E-state index contributed by atoms with van der Waals surface area (Å²) in [6, 6.07) is 9.32. The van der Waals surface area contributed by atoms with Crippen molar-refractivity contribution in [1.29, 1.82) is 0 Å². The molecule has 1 heterocycles. The predicted octanol–water partition coefficient (Wildman–Crippen LogP) is 0.788. The molecule has 132 valence electrons. The van der Waals surface area contributed by atoms with Gasteiger partial charge < -0.3 is 10.6 Å². The number of carbonyl (C=O) groups excluding carboxylic acids is 1. The summed E-state index contributed by atoms with van der Waals surface area (Å²) in [7, 11) is -3.34. The summed E-state index contributed by atoms with van der Waals surface area (Å²) < 4.78 is 26.6. The Morgan fingerprint density at radius 3 is 2.33 bits per heavy atom. The number of carbonyl (C=O) groups is 1. The number of nitrogens with zero attached hydrogens (tertiary/aromatic N) is 2. The van der Waals surface area contributed by atoms with Crippen molar-refractivity contribution in [1.82, 2.24) is 9.21 Å². The van der Waals surface area contributed by atoms with Crippen molar-refractivity contribution in [2.24, 2.45) is 11.7 Å². The molecule has 1 aromatic rings. The van der Waals surface area contributed by atoms with Crippen LogP contribution in [-0.4, -0.2) is 55.8 Å². The van der Waals surface area contributed by atoms with Crippen LogP contribution < -0.4 is 5.73 Å². The maximum atomic E-state index is 12.5. The molecule has 1 aliphatic heterocycles. The molecule has 2 unspecified atom stereocenters. The molecule has 7 heteroatoms. The van der Waals surface area contributed by atoms with E-state index in [2.05, 4.69) is 0 Å². The maximum absolute atomic E-state index is 12.5. The van der Waals surface area contributed by atoms with Gasteiger partial charge in [0.1, 0.15) is 0 Å². The maximum Gasteiger partial charge on any atom is 0.225 e. The molecule has 1 saturated carbocycles. The highest BCUT2D eigenvalue weighted by molar-refractivity contribution is 7.88. The Hall–Kier alpha value is -1.44. The zero-order valence-electron chi connectivity index (χ0n) is 13.8. The van der Waals surface area contributed by atoms with Crippen LogP contribution in [0.3, 0.4) is 0 Å². The van der Waals surface area contributed by atoms with Crippen molar-refractivity contribution < 1.29 is 13.2 Å². The fourth-order valence-electron chi connectivity index (χ4n) is 3.56. The molecule has 0 bridgehead atoms. The van der Waals surface area contributed by atoms with Gasteiger partial charge in [0, 0.05) is 38.1 Å². The van der Waals surface area contributed by atoms with Gasteiger partial charge in [0.25, 0.3) is 0 Å². The third kappa shape index (κ3) is 3.96. The van der Waals surface area contributed by atoms with Gasteiger partial charge in [-0.15, -0.1) is 0 Å². The van der Waals surface area contributed by atoms with Crippen LogP contribution in [0.4, 0.5) is 0 Å². The number of hydrogen-bond acceptors (Lipinski definition) is 4. The lowest BCUT2D eigenvalue weighted by atomic mass is 10.1. The van der Waals surface area contributed by atoms with Crippen molar-refractivity contribution in [3.8, 4) is 0 Å². The predicted molar refractivity (Wildman–Crippen MR) is 92.5 cm³/mol.